The summed E-state index contributed by atoms with van der Waals surface area (Å²) in [5.74, 6) is 0.855. The lowest BCUT2D eigenvalue weighted by Crippen LogP contribution is -1.89. The predicted octanol–water partition coefficient (Wildman–Crippen LogP) is 4.56. The molecule has 0 bridgehead atoms. The van der Waals surface area contributed by atoms with Crippen LogP contribution in [-0.4, -0.2) is 9.97 Å². The van der Waals surface area contributed by atoms with E-state index in [1.165, 1.54) is 0 Å². The van der Waals surface area contributed by atoms with Gasteiger partial charge in [0, 0.05) is 17.1 Å². The molecule has 0 aliphatic rings. The standard InChI is InChI=1S/C18H12N2O/c1-2-11-19-16(6-1)17-10-9-13-14(18-8-4-12-21-18)5-3-7-15(13)20-17/h1-12H. The van der Waals surface area contributed by atoms with Crippen molar-refractivity contribution in [3.05, 3.63) is 73.1 Å². The summed E-state index contributed by atoms with van der Waals surface area (Å²) < 4.78 is 5.50. The third-order valence-electron chi connectivity index (χ3n) is 3.45. The maximum atomic E-state index is 5.50. The minimum absolute atomic E-state index is 0.855. The van der Waals surface area contributed by atoms with E-state index in [2.05, 4.69) is 11.1 Å². The Kier molecular flexibility index (Phi) is 2.75. The second-order valence-electron chi connectivity index (χ2n) is 4.76. The van der Waals surface area contributed by atoms with Crippen LogP contribution in [0.25, 0.3) is 33.6 Å². The van der Waals surface area contributed by atoms with Crippen LogP contribution in [0.5, 0.6) is 0 Å². The van der Waals surface area contributed by atoms with Gasteiger partial charge >= 0.3 is 0 Å². The monoisotopic (exact) mass is 272 g/mol. The molecule has 0 spiro atoms. The van der Waals surface area contributed by atoms with Crippen molar-refractivity contribution in [2.75, 3.05) is 0 Å². The van der Waals surface area contributed by atoms with Crippen molar-refractivity contribution in [1.29, 1.82) is 0 Å². The van der Waals surface area contributed by atoms with Crippen molar-refractivity contribution in [2.45, 2.75) is 0 Å². The van der Waals surface area contributed by atoms with Gasteiger partial charge in [-0.05, 0) is 42.5 Å². The van der Waals surface area contributed by atoms with Gasteiger partial charge in [-0.15, -0.1) is 0 Å². The lowest BCUT2D eigenvalue weighted by molar-refractivity contribution is 0.583. The fourth-order valence-electron chi connectivity index (χ4n) is 2.46. The third-order valence-corrected chi connectivity index (χ3v) is 3.45. The summed E-state index contributed by atoms with van der Waals surface area (Å²) in [5, 5.41) is 1.08. The molecular weight excluding hydrogens is 260 g/mol. The zero-order valence-electron chi connectivity index (χ0n) is 11.2. The van der Waals surface area contributed by atoms with E-state index in [0.29, 0.717) is 0 Å². The summed E-state index contributed by atoms with van der Waals surface area (Å²) in [6.07, 6.45) is 3.46. The fourth-order valence-corrected chi connectivity index (χ4v) is 2.46. The first kappa shape index (κ1) is 11.9. The average molecular weight is 272 g/mol. The molecule has 3 aromatic heterocycles. The van der Waals surface area contributed by atoms with E-state index < -0.39 is 0 Å². The number of pyridine rings is 2. The van der Waals surface area contributed by atoms with Crippen molar-refractivity contribution in [1.82, 2.24) is 9.97 Å². The topological polar surface area (TPSA) is 38.9 Å². The normalized spacial score (nSPS) is 10.9. The summed E-state index contributed by atoms with van der Waals surface area (Å²) in [5.41, 5.74) is 3.74. The Morgan fingerprint density at radius 1 is 0.762 bits per heavy atom. The number of furan rings is 1. The maximum Gasteiger partial charge on any atom is 0.134 e. The molecule has 0 aliphatic carbocycles. The lowest BCUT2D eigenvalue weighted by Gasteiger charge is -2.06. The van der Waals surface area contributed by atoms with Crippen LogP contribution in [0.4, 0.5) is 0 Å². The van der Waals surface area contributed by atoms with Crippen LogP contribution in [0.2, 0.25) is 0 Å². The highest BCUT2D eigenvalue weighted by molar-refractivity contribution is 5.94. The zero-order valence-corrected chi connectivity index (χ0v) is 11.2. The zero-order chi connectivity index (χ0) is 14.1. The van der Waals surface area contributed by atoms with Gasteiger partial charge in [0.1, 0.15) is 5.76 Å². The van der Waals surface area contributed by atoms with E-state index in [9.17, 15) is 0 Å². The van der Waals surface area contributed by atoms with Crippen molar-refractivity contribution in [3.8, 4) is 22.7 Å². The van der Waals surface area contributed by atoms with Gasteiger partial charge in [0.2, 0.25) is 0 Å². The first-order chi connectivity index (χ1) is 10.4. The van der Waals surface area contributed by atoms with Crippen LogP contribution < -0.4 is 0 Å². The molecule has 21 heavy (non-hydrogen) atoms. The fraction of sp³-hybridized carbons (Fsp3) is 0. The highest BCUT2D eigenvalue weighted by Crippen LogP contribution is 2.29. The Morgan fingerprint density at radius 3 is 2.57 bits per heavy atom. The molecule has 3 nitrogen and oxygen atoms in total. The second kappa shape index (κ2) is 4.87. The molecule has 0 N–H and O–H groups in total. The van der Waals surface area contributed by atoms with E-state index in [0.717, 1.165) is 33.6 Å². The number of rotatable bonds is 2. The Morgan fingerprint density at radius 2 is 1.76 bits per heavy atom. The van der Waals surface area contributed by atoms with Crippen LogP contribution in [0.15, 0.2) is 77.5 Å². The summed E-state index contributed by atoms with van der Waals surface area (Å²) >= 11 is 0. The van der Waals surface area contributed by atoms with E-state index in [1.807, 2.05) is 54.6 Å². The lowest BCUT2D eigenvalue weighted by atomic mass is 10.1. The molecule has 1 aromatic carbocycles. The Hall–Kier alpha value is -2.94. The summed E-state index contributed by atoms with van der Waals surface area (Å²) in [4.78, 5) is 9.06. The Balaban J connectivity index is 1.91. The molecule has 4 aromatic rings. The van der Waals surface area contributed by atoms with Gasteiger partial charge in [0.25, 0.3) is 0 Å². The average Bonchev–Trinajstić information content (AvgIpc) is 3.09. The molecule has 0 saturated heterocycles. The largest absolute Gasteiger partial charge is 0.464 e. The molecular formula is C18H12N2O. The van der Waals surface area contributed by atoms with Crippen LogP contribution >= 0.6 is 0 Å². The number of benzene rings is 1. The smallest absolute Gasteiger partial charge is 0.134 e. The van der Waals surface area contributed by atoms with Gasteiger partial charge in [0.15, 0.2) is 0 Å². The first-order valence-corrected chi connectivity index (χ1v) is 6.77. The predicted molar refractivity (Wildman–Crippen MR) is 82.7 cm³/mol. The molecule has 4 rings (SSSR count). The minimum Gasteiger partial charge on any atom is -0.464 e. The molecule has 100 valence electrons. The van der Waals surface area contributed by atoms with Crippen LogP contribution in [-0.2, 0) is 0 Å². The highest BCUT2D eigenvalue weighted by Gasteiger charge is 2.08. The van der Waals surface area contributed by atoms with Gasteiger partial charge < -0.3 is 4.42 Å². The molecule has 0 saturated carbocycles. The molecule has 0 radical (unpaired) electrons. The number of hydrogen-bond donors (Lipinski definition) is 0. The van der Waals surface area contributed by atoms with Gasteiger partial charge in [-0.2, -0.15) is 0 Å². The summed E-state index contributed by atoms with van der Waals surface area (Å²) in [6, 6.07) is 19.8. The van der Waals surface area contributed by atoms with Crippen LogP contribution in [0.1, 0.15) is 0 Å². The molecule has 0 amide bonds. The van der Waals surface area contributed by atoms with Crippen LogP contribution in [0.3, 0.4) is 0 Å². The van der Waals surface area contributed by atoms with Crippen molar-refractivity contribution in [3.63, 3.8) is 0 Å². The Labute approximate surface area is 121 Å². The first-order valence-electron chi connectivity index (χ1n) is 6.77. The molecule has 0 fully saturated rings. The maximum absolute atomic E-state index is 5.50. The van der Waals surface area contributed by atoms with E-state index >= 15 is 0 Å². The molecule has 0 aliphatic heterocycles. The van der Waals surface area contributed by atoms with Gasteiger partial charge in [-0.1, -0.05) is 18.2 Å². The number of hydrogen-bond acceptors (Lipinski definition) is 3. The number of fused-ring (bicyclic) bond motifs is 1. The van der Waals surface area contributed by atoms with Gasteiger partial charge in [-0.25, -0.2) is 4.98 Å². The Bertz CT molecular complexity index is 884. The van der Waals surface area contributed by atoms with Crippen molar-refractivity contribution < 1.29 is 4.42 Å². The van der Waals surface area contributed by atoms with Gasteiger partial charge in [-0.3, -0.25) is 4.98 Å². The van der Waals surface area contributed by atoms with Crippen molar-refractivity contribution in [2.24, 2.45) is 0 Å². The van der Waals surface area contributed by atoms with Crippen LogP contribution in [0, 0.1) is 0 Å². The number of aromatic nitrogens is 2. The van der Waals surface area contributed by atoms with Crippen molar-refractivity contribution >= 4 is 10.9 Å². The van der Waals surface area contributed by atoms with Gasteiger partial charge in [0.05, 0.1) is 23.2 Å². The molecule has 0 atom stereocenters. The molecule has 3 heteroatoms. The number of nitrogens with zero attached hydrogens (tertiary/aromatic N) is 2. The quantitative estimate of drug-likeness (QED) is 0.537. The summed E-state index contributed by atoms with van der Waals surface area (Å²) in [7, 11) is 0. The van der Waals surface area contributed by atoms with E-state index in [4.69, 9.17) is 9.40 Å². The third kappa shape index (κ3) is 2.09. The minimum atomic E-state index is 0.855. The van der Waals surface area contributed by atoms with E-state index in [-0.39, 0.29) is 0 Å². The molecule has 0 unspecified atom stereocenters. The SMILES string of the molecule is c1ccc(-c2ccc3c(-c4ccco4)cccc3n2)nc1. The molecule has 3 heterocycles. The van der Waals surface area contributed by atoms with E-state index in [1.54, 1.807) is 12.5 Å². The second-order valence-corrected chi connectivity index (χ2v) is 4.76. The summed E-state index contributed by atoms with van der Waals surface area (Å²) in [6.45, 7) is 0. The highest BCUT2D eigenvalue weighted by atomic mass is 16.3.